The Bertz CT molecular complexity index is 813. The van der Waals surface area contributed by atoms with Crippen LogP contribution in [0.15, 0.2) is 36.5 Å². The lowest BCUT2D eigenvalue weighted by atomic mass is 9.99. The molecule has 0 amide bonds. The third kappa shape index (κ3) is 22.6. The van der Waals surface area contributed by atoms with Gasteiger partial charge < -0.3 is 39.4 Å². The number of rotatable bonds is 30. The van der Waals surface area contributed by atoms with Crippen LogP contribution in [0.2, 0.25) is 0 Å². The first-order valence-electron chi connectivity index (χ1n) is 18.6. The molecule has 0 aromatic carbocycles. The highest BCUT2D eigenvalue weighted by atomic mass is 16.7. The summed E-state index contributed by atoms with van der Waals surface area (Å²) in [4.78, 5) is 12.7. The van der Waals surface area contributed by atoms with Crippen molar-refractivity contribution in [2.24, 2.45) is 0 Å². The van der Waals surface area contributed by atoms with Crippen molar-refractivity contribution in [3.63, 3.8) is 0 Å². The van der Waals surface area contributed by atoms with Gasteiger partial charge in [-0.2, -0.15) is 0 Å². The van der Waals surface area contributed by atoms with Crippen molar-refractivity contribution in [2.75, 3.05) is 26.4 Å². The van der Waals surface area contributed by atoms with Crippen LogP contribution < -0.4 is 0 Å². The maximum Gasteiger partial charge on any atom is 0.306 e. The monoisotopic (exact) mass is 668 g/mol. The quantitative estimate of drug-likeness (QED) is 0.0368. The predicted octanol–water partition coefficient (Wildman–Crippen LogP) is 6.85. The molecule has 0 aliphatic carbocycles. The number of ether oxygens (including phenoxy) is 4. The number of aliphatic hydroxyl groups excluding tert-OH is 4. The Morgan fingerprint density at radius 1 is 0.702 bits per heavy atom. The second kappa shape index (κ2) is 30.5. The van der Waals surface area contributed by atoms with Gasteiger partial charge in [-0.3, -0.25) is 4.79 Å². The van der Waals surface area contributed by atoms with Crippen molar-refractivity contribution in [3.05, 3.63) is 36.5 Å². The normalized spacial score (nSPS) is 22.6. The third-order valence-corrected chi connectivity index (χ3v) is 8.32. The Kier molecular flexibility index (Phi) is 28.2. The van der Waals surface area contributed by atoms with Crippen molar-refractivity contribution in [1.82, 2.24) is 0 Å². The van der Waals surface area contributed by atoms with E-state index in [0.717, 1.165) is 70.6 Å². The molecule has 0 saturated carbocycles. The molecule has 274 valence electrons. The van der Waals surface area contributed by atoms with Gasteiger partial charge in [0.1, 0.15) is 30.5 Å². The van der Waals surface area contributed by atoms with Crippen LogP contribution in [0.4, 0.5) is 0 Å². The van der Waals surface area contributed by atoms with Crippen molar-refractivity contribution >= 4 is 5.97 Å². The summed E-state index contributed by atoms with van der Waals surface area (Å²) in [6, 6.07) is 0. The summed E-state index contributed by atoms with van der Waals surface area (Å²) in [7, 11) is 0. The molecule has 1 rings (SSSR count). The molecule has 6 atom stereocenters. The zero-order chi connectivity index (χ0) is 34.4. The summed E-state index contributed by atoms with van der Waals surface area (Å²) in [6.07, 6.45) is 26.0. The van der Waals surface area contributed by atoms with Crippen molar-refractivity contribution in [2.45, 2.75) is 173 Å². The highest BCUT2D eigenvalue weighted by Crippen LogP contribution is 2.22. The van der Waals surface area contributed by atoms with Crippen LogP contribution in [0, 0.1) is 0 Å². The van der Waals surface area contributed by atoms with E-state index in [1.54, 1.807) is 0 Å². The second-order valence-corrected chi connectivity index (χ2v) is 12.6. The highest BCUT2D eigenvalue weighted by molar-refractivity contribution is 5.69. The predicted molar refractivity (Wildman–Crippen MR) is 187 cm³/mol. The lowest BCUT2D eigenvalue weighted by molar-refractivity contribution is -0.305. The largest absolute Gasteiger partial charge is 0.457 e. The fourth-order valence-corrected chi connectivity index (χ4v) is 5.39. The number of allylic oxidation sites excluding steroid dienone is 6. The number of carbonyl (C=O) groups is 1. The molecule has 1 aliphatic heterocycles. The number of aliphatic hydroxyl groups is 4. The van der Waals surface area contributed by atoms with Gasteiger partial charge in [-0.1, -0.05) is 121 Å². The average Bonchev–Trinajstić information content (AvgIpc) is 3.07. The smallest absolute Gasteiger partial charge is 0.306 e. The Labute approximate surface area is 285 Å². The average molecular weight is 669 g/mol. The van der Waals surface area contributed by atoms with Gasteiger partial charge in [0, 0.05) is 13.0 Å². The van der Waals surface area contributed by atoms with Crippen LogP contribution in [0.25, 0.3) is 0 Å². The molecule has 4 N–H and O–H groups in total. The molecule has 1 saturated heterocycles. The van der Waals surface area contributed by atoms with Crippen LogP contribution >= 0.6 is 0 Å². The summed E-state index contributed by atoms with van der Waals surface area (Å²) >= 11 is 0. The molecule has 0 aromatic heterocycles. The van der Waals surface area contributed by atoms with E-state index >= 15 is 0 Å². The van der Waals surface area contributed by atoms with Gasteiger partial charge >= 0.3 is 5.97 Å². The molecule has 1 heterocycles. The van der Waals surface area contributed by atoms with E-state index < -0.39 is 43.4 Å². The SMILES string of the molecule is CC/C=C\C/C=C\C/C=C\CCCCCCCC(=O)OC(COCCCCCCCCCCC)COC1OC(CO)C(O)C(O)C1O. The van der Waals surface area contributed by atoms with Gasteiger partial charge in [-0.25, -0.2) is 0 Å². The molecule has 1 aliphatic rings. The highest BCUT2D eigenvalue weighted by Gasteiger charge is 2.44. The summed E-state index contributed by atoms with van der Waals surface area (Å²) < 4.78 is 22.6. The third-order valence-electron chi connectivity index (χ3n) is 8.32. The first-order chi connectivity index (χ1) is 22.9. The minimum atomic E-state index is -1.54. The standard InChI is InChI=1S/C38H68O9/c1-3-5-7-9-11-13-14-15-16-17-18-19-21-23-25-27-34(40)46-32(30-44-28-26-24-22-20-12-10-8-6-4-2)31-45-38-37(43)36(42)35(41)33(29-39)47-38/h5,7,11,13,15-16,32-33,35-39,41-43H,3-4,6,8-10,12,14,17-31H2,1-2H3/b7-5-,13-11-,16-15-. The molecule has 0 spiro atoms. The zero-order valence-electron chi connectivity index (χ0n) is 29.5. The Hall–Kier alpha value is -1.59. The number of unbranched alkanes of at least 4 members (excludes halogenated alkanes) is 13. The van der Waals surface area contributed by atoms with Crippen molar-refractivity contribution < 1.29 is 44.2 Å². The van der Waals surface area contributed by atoms with Crippen LogP contribution in [0.1, 0.15) is 136 Å². The molecule has 9 heteroatoms. The summed E-state index contributed by atoms with van der Waals surface area (Å²) in [5, 5.41) is 39.9. The lowest BCUT2D eigenvalue weighted by Gasteiger charge is -2.39. The van der Waals surface area contributed by atoms with Crippen molar-refractivity contribution in [1.29, 1.82) is 0 Å². The molecule has 0 bridgehead atoms. The topological polar surface area (TPSA) is 135 Å². The van der Waals surface area contributed by atoms with Crippen LogP contribution in [0.5, 0.6) is 0 Å². The van der Waals surface area contributed by atoms with E-state index in [0.29, 0.717) is 13.0 Å². The molecule has 9 nitrogen and oxygen atoms in total. The number of hydrogen-bond acceptors (Lipinski definition) is 9. The Morgan fingerprint density at radius 3 is 1.96 bits per heavy atom. The number of hydrogen-bond donors (Lipinski definition) is 4. The lowest BCUT2D eigenvalue weighted by Crippen LogP contribution is -2.59. The van der Waals surface area contributed by atoms with E-state index in [4.69, 9.17) is 18.9 Å². The summed E-state index contributed by atoms with van der Waals surface area (Å²) in [5.74, 6) is -0.333. The second-order valence-electron chi connectivity index (χ2n) is 12.6. The maximum atomic E-state index is 12.7. The Morgan fingerprint density at radius 2 is 1.30 bits per heavy atom. The first kappa shape index (κ1) is 43.4. The van der Waals surface area contributed by atoms with Crippen LogP contribution in [-0.4, -0.2) is 89.6 Å². The van der Waals surface area contributed by atoms with Crippen LogP contribution in [0.3, 0.4) is 0 Å². The molecular weight excluding hydrogens is 600 g/mol. The van der Waals surface area contributed by atoms with Gasteiger partial charge in [0.2, 0.25) is 0 Å². The molecule has 6 unspecified atom stereocenters. The maximum absolute atomic E-state index is 12.7. The fraction of sp³-hybridized carbons (Fsp3) is 0.816. The Balaban J connectivity index is 2.35. The zero-order valence-corrected chi connectivity index (χ0v) is 29.5. The molecule has 47 heavy (non-hydrogen) atoms. The molecule has 1 fully saturated rings. The van der Waals surface area contributed by atoms with Gasteiger partial charge in [-0.15, -0.1) is 0 Å². The van der Waals surface area contributed by atoms with E-state index in [-0.39, 0.29) is 19.2 Å². The fourth-order valence-electron chi connectivity index (χ4n) is 5.39. The molecule has 0 aromatic rings. The number of esters is 1. The van der Waals surface area contributed by atoms with Gasteiger partial charge in [0.15, 0.2) is 6.29 Å². The van der Waals surface area contributed by atoms with E-state index in [2.05, 4.69) is 50.3 Å². The van der Waals surface area contributed by atoms with E-state index in [9.17, 15) is 25.2 Å². The summed E-state index contributed by atoms with van der Waals surface area (Å²) in [6.45, 7) is 4.39. The summed E-state index contributed by atoms with van der Waals surface area (Å²) in [5.41, 5.74) is 0. The first-order valence-corrected chi connectivity index (χ1v) is 18.6. The van der Waals surface area contributed by atoms with E-state index in [1.807, 2.05) is 0 Å². The molecule has 0 radical (unpaired) electrons. The number of carbonyl (C=O) groups excluding carboxylic acids is 1. The van der Waals surface area contributed by atoms with E-state index in [1.165, 1.54) is 44.9 Å². The minimum Gasteiger partial charge on any atom is -0.457 e. The molecular formula is C38H68O9. The van der Waals surface area contributed by atoms with Crippen LogP contribution in [-0.2, 0) is 23.7 Å². The van der Waals surface area contributed by atoms with Gasteiger partial charge in [0.05, 0.1) is 19.8 Å². The van der Waals surface area contributed by atoms with Gasteiger partial charge in [0.25, 0.3) is 0 Å². The van der Waals surface area contributed by atoms with Gasteiger partial charge in [-0.05, 0) is 44.9 Å². The van der Waals surface area contributed by atoms with Crippen molar-refractivity contribution in [3.8, 4) is 0 Å². The minimum absolute atomic E-state index is 0.120.